The van der Waals surface area contributed by atoms with Crippen LogP contribution in [0.2, 0.25) is 0 Å². The smallest absolute Gasteiger partial charge is 0.274 e. The lowest BCUT2D eigenvalue weighted by molar-refractivity contribution is 0.0982. The molecule has 2 atom stereocenters. The van der Waals surface area contributed by atoms with Gasteiger partial charge in [0.25, 0.3) is 5.91 Å². The monoisotopic (exact) mass is 343 g/mol. The highest BCUT2D eigenvalue weighted by molar-refractivity contribution is 6.08. The summed E-state index contributed by atoms with van der Waals surface area (Å²) in [5, 5.41) is 10.9. The van der Waals surface area contributed by atoms with Crippen LogP contribution >= 0.6 is 0 Å². The normalized spacial score (nSPS) is 21.4. The molecule has 1 fully saturated rings. The van der Waals surface area contributed by atoms with Crippen molar-refractivity contribution < 1.29 is 4.79 Å². The number of anilines is 1. The summed E-state index contributed by atoms with van der Waals surface area (Å²) in [6.45, 7) is 4.10. The predicted octanol–water partition coefficient (Wildman–Crippen LogP) is 4.49. The Bertz CT molecular complexity index is 1040. The lowest BCUT2D eigenvalue weighted by Gasteiger charge is -2.21. The fourth-order valence-corrected chi connectivity index (χ4v) is 3.79. The Kier molecular flexibility index (Phi) is 3.62. The molecule has 1 aromatic heterocycles. The molecule has 0 radical (unpaired) electrons. The van der Waals surface area contributed by atoms with E-state index >= 15 is 0 Å². The minimum Gasteiger partial charge on any atom is -0.317 e. The maximum absolute atomic E-state index is 13.3. The Labute approximate surface area is 153 Å². The van der Waals surface area contributed by atoms with Gasteiger partial charge in [-0.1, -0.05) is 36.8 Å². The third-order valence-corrected chi connectivity index (χ3v) is 5.49. The van der Waals surface area contributed by atoms with Gasteiger partial charge < -0.3 is 9.47 Å². The molecular weight excluding hydrogens is 322 g/mol. The van der Waals surface area contributed by atoms with Gasteiger partial charge in [0.2, 0.25) is 0 Å². The molecule has 4 nitrogen and oxygen atoms in total. The minimum absolute atomic E-state index is 0.0984. The molecule has 3 aromatic rings. The first-order valence-electron chi connectivity index (χ1n) is 8.85. The summed E-state index contributed by atoms with van der Waals surface area (Å²) < 4.78 is 1.97. The first-order valence-corrected chi connectivity index (χ1v) is 8.85. The van der Waals surface area contributed by atoms with Crippen LogP contribution in [0.15, 0.2) is 54.6 Å². The lowest BCUT2D eigenvalue weighted by Crippen LogP contribution is -2.31. The lowest BCUT2D eigenvalue weighted by atomic mass is 10.1. The van der Waals surface area contributed by atoms with E-state index in [2.05, 4.69) is 19.1 Å². The van der Waals surface area contributed by atoms with Gasteiger partial charge in [0.15, 0.2) is 0 Å². The Hall–Kier alpha value is -3.06. The first kappa shape index (κ1) is 16.4. The van der Waals surface area contributed by atoms with Crippen LogP contribution in [0.4, 0.5) is 5.69 Å². The zero-order valence-corrected chi connectivity index (χ0v) is 15.2. The second-order valence-corrected chi connectivity index (χ2v) is 7.27. The van der Waals surface area contributed by atoms with Gasteiger partial charge in [0, 0.05) is 18.1 Å². The number of carbonyl (C=O) groups excluding carboxylic acids is 1. The van der Waals surface area contributed by atoms with Crippen molar-refractivity contribution in [2.24, 2.45) is 5.92 Å². The molecule has 4 heteroatoms. The molecule has 1 amide bonds. The van der Waals surface area contributed by atoms with Gasteiger partial charge >= 0.3 is 0 Å². The van der Waals surface area contributed by atoms with E-state index in [1.54, 1.807) is 11.9 Å². The molecule has 4 rings (SSSR count). The average Bonchev–Trinajstić information content (AvgIpc) is 3.17. The number of amides is 1. The number of nitrogens with zero attached hydrogens (tertiary/aromatic N) is 3. The number of carbonyl (C=O) groups is 1. The van der Waals surface area contributed by atoms with E-state index in [0.29, 0.717) is 5.69 Å². The third-order valence-electron chi connectivity index (χ3n) is 5.49. The molecule has 0 saturated heterocycles. The summed E-state index contributed by atoms with van der Waals surface area (Å²) in [4.78, 5) is 15.0. The van der Waals surface area contributed by atoms with Crippen molar-refractivity contribution in [2.75, 3.05) is 11.9 Å². The molecule has 0 spiro atoms. The Morgan fingerprint density at radius 1 is 1.23 bits per heavy atom. The maximum Gasteiger partial charge on any atom is 0.274 e. The zero-order valence-electron chi connectivity index (χ0n) is 15.2. The highest BCUT2D eigenvalue weighted by atomic mass is 16.2. The third kappa shape index (κ3) is 2.32. The van der Waals surface area contributed by atoms with E-state index < -0.39 is 5.54 Å². The van der Waals surface area contributed by atoms with Crippen molar-refractivity contribution >= 4 is 22.5 Å². The Morgan fingerprint density at radius 3 is 2.54 bits per heavy atom. The molecule has 130 valence electrons. The van der Waals surface area contributed by atoms with Crippen molar-refractivity contribution in [3.05, 3.63) is 65.9 Å². The van der Waals surface area contributed by atoms with Crippen molar-refractivity contribution in [3.8, 4) is 6.07 Å². The number of para-hydroxylation sites is 1. The Morgan fingerprint density at radius 2 is 1.92 bits per heavy atom. The number of hydrogen-bond acceptors (Lipinski definition) is 2. The molecule has 0 unspecified atom stereocenters. The second-order valence-electron chi connectivity index (χ2n) is 7.27. The fraction of sp³-hybridized carbons (Fsp3) is 0.273. The van der Waals surface area contributed by atoms with Gasteiger partial charge in [-0.3, -0.25) is 4.79 Å². The number of aromatic nitrogens is 1. The largest absolute Gasteiger partial charge is 0.317 e. The highest BCUT2D eigenvalue weighted by Gasteiger charge is 2.55. The quantitative estimate of drug-likeness (QED) is 0.704. The van der Waals surface area contributed by atoms with Crippen LogP contribution in [-0.4, -0.2) is 17.5 Å². The number of nitriles is 1. The van der Waals surface area contributed by atoms with Crippen LogP contribution in [-0.2, 0) is 5.54 Å². The van der Waals surface area contributed by atoms with E-state index in [9.17, 15) is 10.1 Å². The maximum atomic E-state index is 13.3. The van der Waals surface area contributed by atoms with Gasteiger partial charge in [-0.25, -0.2) is 0 Å². The van der Waals surface area contributed by atoms with E-state index in [1.807, 2.05) is 60.0 Å². The summed E-state index contributed by atoms with van der Waals surface area (Å²) >= 11 is 0. The van der Waals surface area contributed by atoms with Gasteiger partial charge in [-0.05, 0) is 49.6 Å². The number of aryl methyl sites for hydroxylation is 1. The van der Waals surface area contributed by atoms with Crippen molar-refractivity contribution in [2.45, 2.75) is 25.8 Å². The minimum atomic E-state index is -0.625. The standard InChI is InChI=1S/C22H21N3O/c1-15-9-10-19-17(11-15)12-20(25(19)22(14-23)13-16(22)2)21(26)24(3)18-7-5-4-6-8-18/h4-12,16H,13H2,1-3H3/t16-,22+/m0/s1. The van der Waals surface area contributed by atoms with E-state index in [1.165, 1.54) is 0 Å². The van der Waals surface area contributed by atoms with Crippen LogP contribution in [0.25, 0.3) is 10.9 Å². The Balaban J connectivity index is 1.90. The summed E-state index contributed by atoms with van der Waals surface area (Å²) in [5.41, 5.74) is 2.87. The van der Waals surface area contributed by atoms with Crippen molar-refractivity contribution in [3.63, 3.8) is 0 Å². The SMILES string of the molecule is Cc1ccc2c(c1)cc(C(=O)N(C)c1ccccc1)n2[C@@]1(C#N)C[C@@H]1C. The van der Waals surface area contributed by atoms with Crippen LogP contribution < -0.4 is 4.90 Å². The molecule has 0 aliphatic heterocycles. The predicted molar refractivity (Wildman–Crippen MR) is 103 cm³/mol. The zero-order chi connectivity index (χ0) is 18.5. The molecular formula is C22H21N3O. The molecule has 0 bridgehead atoms. The van der Waals surface area contributed by atoms with E-state index in [4.69, 9.17) is 0 Å². The summed E-state index contributed by atoms with van der Waals surface area (Å²) in [6, 6.07) is 20.1. The second kappa shape index (κ2) is 5.74. The number of fused-ring (bicyclic) bond motifs is 1. The van der Waals surface area contributed by atoms with Crippen LogP contribution in [0.3, 0.4) is 0 Å². The molecule has 0 N–H and O–H groups in total. The van der Waals surface area contributed by atoms with Crippen molar-refractivity contribution in [1.82, 2.24) is 4.57 Å². The molecule has 1 heterocycles. The van der Waals surface area contributed by atoms with Crippen LogP contribution in [0.1, 0.15) is 29.4 Å². The van der Waals surface area contributed by atoms with E-state index in [-0.39, 0.29) is 11.8 Å². The van der Waals surface area contributed by atoms with Gasteiger partial charge in [0.1, 0.15) is 11.2 Å². The van der Waals surface area contributed by atoms with Crippen LogP contribution in [0.5, 0.6) is 0 Å². The number of hydrogen-bond donors (Lipinski definition) is 0. The molecule has 1 aliphatic carbocycles. The molecule has 1 saturated carbocycles. The summed E-state index contributed by atoms with van der Waals surface area (Å²) in [6.07, 6.45) is 0.774. The summed E-state index contributed by atoms with van der Waals surface area (Å²) in [5.74, 6) is 0.136. The van der Waals surface area contributed by atoms with Crippen LogP contribution in [0, 0.1) is 24.2 Å². The molecule has 2 aromatic carbocycles. The van der Waals surface area contributed by atoms with E-state index in [0.717, 1.165) is 28.6 Å². The first-order chi connectivity index (χ1) is 12.5. The fourth-order valence-electron chi connectivity index (χ4n) is 3.79. The highest BCUT2D eigenvalue weighted by Crippen LogP contribution is 2.52. The van der Waals surface area contributed by atoms with Gasteiger partial charge in [-0.15, -0.1) is 0 Å². The molecule has 1 aliphatic rings. The van der Waals surface area contributed by atoms with Gasteiger partial charge in [0.05, 0.1) is 11.6 Å². The molecule has 26 heavy (non-hydrogen) atoms. The topological polar surface area (TPSA) is 49.0 Å². The van der Waals surface area contributed by atoms with Gasteiger partial charge in [-0.2, -0.15) is 5.26 Å². The average molecular weight is 343 g/mol. The number of rotatable bonds is 3. The summed E-state index contributed by atoms with van der Waals surface area (Å²) in [7, 11) is 1.78. The number of benzene rings is 2. The van der Waals surface area contributed by atoms with Crippen molar-refractivity contribution in [1.29, 1.82) is 5.26 Å².